The SMILES string of the molecule is CC1[C-]=Cc2ccccc21.CC1[C-]=Cc2ccccc21.C[Si]C.[Zr+2]. The number of fused-ring (bicyclic) bond motifs is 2. The number of benzene rings is 2. The van der Waals surface area contributed by atoms with Crippen LogP contribution in [-0.2, 0) is 26.2 Å². The van der Waals surface area contributed by atoms with E-state index in [1.807, 2.05) is 0 Å². The third kappa shape index (κ3) is 5.53. The number of rotatable bonds is 0. The maximum absolute atomic E-state index is 3.26. The summed E-state index contributed by atoms with van der Waals surface area (Å²) in [5.41, 5.74) is 5.47. The van der Waals surface area contributed by atoms with Gasteiger partial charge in [0.2, 0.25) is 0 Å². The molecule has 2 aliphatic rings. The van der Waals surface area contributed by atoms with Gasteiger partial charge in [-0.2, -0.15) is 11.1 Å². The van der Waals surface area contributed by atoms with Gasteiger partial charge in [0.05, 0.1) is 0 Å². The van der Waals surface area contributed by atoms with E-state index in [0.717, 1.165) is 9.52 Å². The van der Waals surface area contributed by atoms with Crippen molar-refractivity contribution in [2.24, 2.45) is 0 Å². The molecule has 2 atom stereocenters. The van der Waals surface area contributed by atoms with Gasteiger partial charge in [0.15, 0.2) is 0 Å². The summed E-state index contributed by atoms with van der Waals surface area (Å²) < 4.78 is 0. The fourth-order valence-electron chi connectivity index (χ4n) is 2.68. The zero-order valence-electron chi connectivity index (χ0n) is 14.9. The monoisotopic (exact) mass is 406 g/mol. The molecule has 2 heteroatoms. The van der Waals surface area contributed by atoms with E-state index in [9.17, 15) is 0 Å². The Hall–Kier alpha value is -0.980. The van der Waals surface area contributed by atoms with Crippen LogP contribution in [0.1, 0.15) is 47.9 Å². The number of hydrogen-bond acceptors (Lipinski definition) is 0. The van der Waals surface area contributed by atoms with Gasteiger partial charge in [-0.3, -0.25) is 12.2 Å². The number of hydrogen-bond donors (Lipinski definition) is 0. The Balaban J connectivity index is 0.000000200. The quantitative estimate of drug-likeness (QED) is 0.370. The maximum Gasteiger partial charge on any atom is 2.00 e. The maximum atomic E-state index is 3.26. The number of allylic oxidation sites excluding steroid dienone is 2. The van der Waals surface area contributed by atoms with Crippen LogP contribution in [0.2, 0.25) is 13.1 Å². The molecular formula is C22H24SiZr. The van der Waals surface area contributed by atoms with E-state index >= 15 is 0 Å². The standard InChI is InChI=1S/2C10H9.C2H6Si.Zr/c2*1-8-6-7-9-4-2-3-5-10(8)9;1-3-2;/h2*2-5,7-8H,1H3;1-2H3;/q2*-1;;+2. The van der Waals surface area contributed by atoms with Gasteiger partial charge in [-0.25, -0.2) is 12.2 Å². The molecule has 0 amide bonds. The van der Waals surface area contributed by atoms with Crippen LogP contribution >= 0.6 is 0 Å². The molecule has 120 valence electrons. The topological polar surface area (TPSA) is 0 Å². The molecule has 0 saturated heterocycles. The summed E-state index contributed by atoms with van der Waals surface area (Å²) in [7, 11) is 1.08. The van der Waals surface area contributed by atoms with E-state index in [0.29, 0.717) is 11.8 Å². The normalized spacial score (nSPS) is 18.3. The second-order valence-electron chi connectivity index (χ2n) is 5.82. The molecule has 0 N–H and O–H groups in total. The fraction of sp³-hybridized carbons (Fsp3) is 0.273. The third-order valence-corrected chi connectivity index (χ3v) is 3.90. The summed E-state index contributed by atoms with van der Waals surface area (Å²) in [6.45, 7) is 8.64. The zero-order chi connectivity index (χ0) is 16.7. The Bertz CT molecular complexity index is 628. The van der Waals surface area contributed by atoms with E-state index < -0.39 is 0 Å². The Kier molecular flexibility index (Phi) is 9.48. The molecule has 0 spiro atoms. The van der Waals surface area contributed by atoms with Crippen molar-refractivity contribution in [3.63, 3.8) is 0 Å². The molecule has 0 fully saturated rings. The van der Waals surface area contributed by atoms with Crippen molar-refractivity contribution >= 4 is 21.7 Å². The van der Waals surface area contributed by atoms with Crippen LogP contribution in [0.25, 0.3) is 12.2 Å². The molecule has 0 nitrogen and oxygen atoms in total. The largest absolute Gasteiger partial charge is 2.00 e. The van der Waals surface area contributed by atoms with Crippen molar-refractivity contribution in [2.75, 3.05) is 0 Å². The Morgan fingerprint density at radius 2 is 1.04 bits per heavy atom. The summed E-state index contributed by atoms with van der Waals surface area (Å²) in [6.07, 6.45) is 10.7. The molecule has 2 unspecified atom stereocenters. The van der Waals surface area contributed by atoms with Crippen molar-refractivity contribution in [3.8, 4) is 0 Å². The summed E-state index contributed by atoms with van der Waals surface area (Å²) in [5.74, 6) is 0.993. The Morgan fingerprint density at radius 1 is 0.708 bits per heavy atom. The van der Waals surface area contributed by atoms with Crippen LogP contribution < -0.4 is 0 Å². The summed E-state index contributed by atoms with van der Waals surface area (Å²) in [5, 5.41) is 0. The predicted octanol–water partition coefficient (Wildman–Crippen LogP) is 6.02. The molecule has 2 aliphatic carbocycles. The smallest absolute Gasteiger partial charge is 0.269 e. The van der Waals surface area contributed by atoms with Gasteiger partial charge in [0.1, 0.15) is 0 Å². The molecule has 2 radical (unpaired) electrons. The minimum absolute atomic E-state index is 0. The van der Waals surface area contributed by atoms with E-state index in [1.54, 1.807) is 0 Å². The molecule has 0 saturated carbocycles. The minimum atomic E-state index is 0. The summed E-state index contributed by atoms with van der Waals surface area (Å²) in [6, 6.07) is 16.9. The van der Waals surface area contributed by atoms with Gasteiger partial charge >= 0.3 is 26.2 Å². The van der Waals surface area contributed by atoms with Gasteiger partial charge < -0.3 is 0 Å². The van der Waals surface area contributed by atoms with E-state index in [4.69, 9.17) is 0 Å². The molecular weight excluding hydrogens is 384 g/mol. The molecule has 0 aliphatic heterocycles. The van der Waals surface area contributed by atoms with E-state index in [-0.39, 0.29) is 26.2 Å². The van der Waals surface area contributed by atoms with E-state index in [2.05, 4.69) is 99.8 Å². The fourth-order valence-corrected chi connectivity index (χ4v) is 2.68. The Morgan fingerprint density at radius 3 is 1.38 bits per heavy atom. The Labute approximate surface area is 169 Å². The van der Waals surface area contributed by atoms with E-state index in [1.165, 1.54) is 22.3 Å². The zero-order valence-corrected chi connectivity index (χ0v) is 18.4. The molecule has 24 heavy (non-hydrogen) atoms. The van der Waals surface area contributed by atoms with Gasteiger partial charge in [0.25, 0.3) is 0 Å². The average Bonchev–Trinajstić information content (AvgIpc) is 3.14. The van der Waals surface area contributed by atoms with Crippen LogP contribution in [-0.4, -0.2) is 9.52 Å². The molecule has 0 heterocycles. The van der Waals surface area contributed by atoms with Crippen molar-refractivity contribution in [3.05, 3.63) is 82.9 Å². The molecule has 0 aromatic heterocycles. The van der Waals surface area contributed by atoms with Gasteiger partial charge in [0, 0.05) is 9.52 Å². The third-order valence-electron chi connectivity index (χ3n) is 3.90. The van der Waals surface area contributed by atoms with Gasteiger partial charge in [-0.15, -0.1) is 23.3 Å². The first-order valence-corrected chi connectivity index (χ1v) is 10.1. The van der Waals surface area contributed by atoms with Crippen LogP contribution in [0, 0.1) is 12.2 Å². The van der Waals surface area contributed by atoms with Crippen LogP contribution in [0.15, 0.2) is 48.5 Å². The first kappa shape index (κ1) is 21.1. The van der Waals surface area contributed by atoms with Crippen LogP contribution in [0.4, 0.5) is 0 Å². The van der Waals surface area contributed by atoms with Crippen molar-refractivity contribution in [1.82, 2.24) is 0 Å². The predicted molar refractivity (Wildman–Crippen MR) is 103 cm³/mol. The van der Waals surface area contributed by atoms with Crippen molar-refractivity contribution in [1.29, 1.82) is 0 Å². The second-order valence-corrected chi connectivity index (χ2v) is 6.82. The van der Waals surface area contributed by atoms with Gasteiger partial charge in [-0.1, -0.05) is 75.2 Å². The molecule has 0 bridgehead atoms. The average molecular weight is 408 g/mol. The van der Waals surface area contributed by atoms with Crippen molar-refractivity contribution in [2.45, 2.75) is 38.8 Å². The van der Waals surface area contributed by atoms with Crippen molar-refractivity contribution < 1.29 is 26.2 Å². The summed E-state index contributed by atoms with van der Waals surface area (Å²) >= 11 is 0. The second kappa shape index (κ2) is 10.8. The first-order chi connectivity index (χ1) is 11.2. The summed E-state index contributed by atoms with van der Waals surface area (Å²) in [4.78, 5) is 0. The molecule has 2 aromatic carbocycles. The minimum Gasteiger partial charge on any atom is -0.269 e. The molecule has 2 aromatic rings. The van der Waals surface area contributed by atoms with Crippen LogP contribution in [0.3, 0.4) is 0 Å². The van der Waals surface area contributed by atoms with Gasteiger partial charge in [-0.05, 0) is 0 Å². The molecule has 4 rings (SSSR count). The van der Waals surface area contributed by atoms with Crippen LogP contribution in [0.5, 0.6) is 0 Å². The first-order valence-electron chi connectivity index (χ1n) is 8.12.